The van der Waals surface area contributed by atoms with Gasteiger partial charge in [0.2, 0.25) is 0 Å². The molecule has 24 heavy (non-hydrogen) atoms. The Kier molecular flexibility index (Phi) is 4.66. The maximum atomic E-state index is 13.5. The largest absolute Gasteiger partial charge is 0.507 e. The van der Waals surface area contributed by atoms with Crippen molar-refractivity contribution < 1.29 is 9.50 Å². The van der Waals surface area contributed by atoms with Crippen molar-refractivity contribution in [3.05, 3.63) is 35.1 Å². The maximum absolute atomic E-state index is 13.5. The Labute approximate surface area is 141 Å². The molecule has 6 heteroatoms. The lowest BCUT2D eigenvalue weighted by atomic mass is 10.0. The number of phenols is 1. The summed E-state index contributed by atoms with van der Waals surface area (Å²) in [6, 6.07) is 5.10. The first-order chi connectivity index (χ1) is 11.5. The van der Waals surface area contributed by atoms with E-state index in [1.165, 1.54) is 18.6 Å². The minimum Gasteiger partial charge on any atom is -0.507 e. The van der Waals surface area contributed by atoms with Crippen LogP contribution in [-0.2, 0) is 0 Å². The lowest BCUT2D eigenvalue weighted by Crippen LogP contribution is -2.40. The standard InChI is InChI=1S/C18H23FN4O/c1-11-9-16(14-6-7-15(19)12(2)17(14)24)21-22-18(11)20-13-5-4-8-23(3)10-13/h6-7,9,13,24H,4-5,8,10H2,1-3H3,(H,20,22)/t13-/m1/s1. The second-order valence-corrected chi connectivity index (χ2v) is 6.58. The molecule has 1 aliphatic rings. The van der Waals surface area contributed by atoms with Gasteiger partial charge in [0.15, 0.2) is 5.82 Å². The molecule has 2 aromatic rings. The molecular formula is C18H23FN4O. The number of nitrogens with one attached hydrogen (secondary N) is 1. The molecule has 0 saturated carbocycles. The molecule has 0 unspecified atom stereocenters. The number of anilines is 1. The van der Waals surface area contributed by atoms with Crippen LogP contribution in [0.4, 0.5) is 10.2 Å². The van der Waals surface area contributed by atoms with Gasteiger partial charge in [-0.1, -0.05) is 0 Å². The predicted octanol–water partition coefficient (Wildman–Crippen LogP) is 3.11. The molecule has 5 nitrogen and oxygen atoms in total. The monoisotopic (exact) mass is 330 g/mol. The number of piperidine rings is 1. The van der Waals surface area contributed by atoms with Crippen molar-refractivity contribution in [2.24, 2.45) is 0 Å². The number of hydrogen-bond donors (Lipinski definition) is 2. The third-order valence-electron chi connectivity index (χ3n) is 4.59. The van der Waals surface area contributed by atoms with Crippen LogP contribution in [-0.4, -0.2) is 46.4 Å². The van der Waals surface area contributed by atoms with Crippen LogP contribution in [0.15, 0.2) is 18.2 Å². The van der Waals surface area contributed by atoms with Crippen molar-refractivity contribution in [2.45, 2.75) is 32.7 Å². The Balaban J connectivity index is 1.84. The number of likely N-dealkylation sites (tertiary alicyclic amines) is 1. The minimum atomic E-state index is -0.430. The van der Waals surface area contributed by atoms with Crippen molar-refractivity contribution in [2.75, 3.05) is 25.5 Å². The molecule has 1 atom stereocenters. The molecular weight excluding hydrogens is 307 g/mol. The molecule has 0 radical (unpaired) electrons. The molecule has 0 amide bonds. The summed E-state index contributed by atoms with van der Waals surface area (Å²) in [4.78, 5) is 2.30. The third-order valence-corrected chi connectivity index (χ3v) is 4.59. The van der Waals surface area contributed by atoms with E-state index in [9.17, 15) is 9.50 Å². The molecule has 2 N–H and O–H groups in total. The van der Waals surface area contributed by atoms with Gasteiger partial charge in [-0.3, -0.25) is 0 Å². The number of nitrogens with zero attached hydrogens (tertiary/aromatic N) is 3. The molecule has 0 bridgehead atoms. The van der Waals surface area contributed by atoms with E-state index in [0.717, 1.165) is 30.9 Å². The van der Waals surface area contributed by atoms with Gasteiger partial charge in [-0.25, -0.2) is 4.39 Å². The topological polar surface area (TPSA) is 61.3 Å². The number of halogens is 1. The van der Waals surface area contributed by atoms with Crippen molar-refractivity contribution in [1.82, 2.24) is 15.1 Å². The van der Waals surface area contributed by atoms with Crippen LogP contribution >= 0.6 is 0 Å². The first kappa shape index (κ1) is 16.6. The predicted molar refractivity (Wildman–Crippen MR) is 92.7 cm³/mol. The second-order valence-electron chi connectivity index (χ2n) is 6.58. The Hall–Kier alpha value is -2.21. The Bertz CT molecular complexity index is 750. The van der Waals surface area contributed by atoms with Gasteiger partial charge in [0.1, 0.15) is 11.6 Å². The highest BCUT2D eigenvalue weighted by atomic mass is 19.1. The van der Waals surface area contributed by atoms with Gasteiger partial charge >= 0.3 is 0 Å². The average Bonchev–Trinajstić information content (AvgIpc) is 2.55. The van der Waals surface area contributed by atoms with Crippen LogP contribution in [0.25, 0.3) is 11.3 Å². The highest BCUT2D eigenvalue weighted by molar-refractivity contribution is 5.69. The van der Waals surface area contributed by atoms with Gasteiger partial charge in [0.05, 0.1) is 5.69 Å². The van der Waals surface area contributed by atoms with E-state index in [-0.39, 0.29) is 11.3 Å². The van der Waals surface area contributed by atoms with Crippen LogP contribution in [0.5, 0.6) is 5.75 Å². The van der Waals surface area contributed by atoms with Crippen LogP contribution in [0.1, 0.15) is 24.0 Å². The molecule has 0 spiro atoms. The van der Waals surface area contributed by atoms with E-state index < -0.39 is 5.82 Å². The van der Waals surface area contributed by atoms with E-state index in [2.05, 4.69) is 27.5 Å². The zero-order valence-electron chi connectivity index (χ0n) is 14.3. The van der Waals surface area contributed by atoms with Crippen LogP contribution in [0.2, 0.25) is 0 Å². The van der Waals surface area contributed by atoms with Crippen molar-refractivity contribution in [1.29, 1.82) is 0 Å². The normalized spacial score (nSPS) is 18.6. The van der Waals surface area contributed by atoms with Gasteiger partial charge in [0.25, 0.3) is 0 Å². The van der Waals surface area contributed by atoms with Crippen molar-refractivity contribution >= 4 is 5.82 Å². The number of likely N-dealkylation sites (N-methyl/N-ethyl adjacent to an activating group) is 1. The molecule has 2 heterocycles. The fourth-order valence-electron chi connectivity index (χ4n) is 3.12. The lowest BCUT2D eigenvalue weighted by Gasteiger charge is -2.30. The summed E-state index contributed by atoms with van der Waals surface area (Å²) in [6.45, 7) is 5.62. The quantitative estimate of drug-likeness (QED) is 0.905. The maximum Gasteiger partial charge on any atom is 0.151 e. The second kappa shape index (κ2) is 6.73. The molecule has 1 aliphatic heterocycles. The highest BCUT2D eigenvalue weighted by Crippen LogP contribution is 2.33. The molecule has 128 valence electrons. The number of phenolic OH excluding ortho intramolecular Hbond substituents is 1. The van der Waals surface area contributed by atoms with Crippen LogP contribution in [0.3, 0.4) is 0 Å². The molecule has 0 aliphatic carbocycles. The SMILES string of the molecule is Cc1cc(-c2ccc(F)c(C)c2O)nnc1N[C@@H]1CCCN(C)C1. The first-order valence-electron chi connectivity index (χ1n) is 8.23. The van der Waals surface area contributed by atoms with Crippen molar-refractivity contribution in [3.63, 3.8) is 0 Å². The zero-order chi connectivity index (χ0) is 17.3. The number of aromatic hydroxyl groups is 1. The first-order valence-corrected chi connectivity index (χ1v) is 8.23. The van der Waals surface area contributed by atoms with Gasteiger partial charge in [-0.15, -0.1) is 10.2 Å². The Morgan fingerprint density at radius 1 is 1.29 bits per heavy atom. The number of benzene rings is 1. The molecule has 1 aromatic carbocycles. The number of hydrogen-bond acceptors (Lipinski definition) is 5. The van der Waals surface area contributed by atoms with E-state index in [1.807, 2.05) is 13.0 Å². The Morgan fingerprint density at radius 3 is 2.79 bits per heavy atom. The van der Waals surface area contributed by atoms with Gasteiger partial charge in [-0.05, 0) is 64.0 Å². The smallest absolute Gasteiger partial charge is 0.151 e. The number of aryl methyl sites for hydroxylation is 1. The van der Waals surface area contributed by atoms with E-state index in [1.54, 1.807) is 6.92 Å². The minimum absolute atomic E-state index is 0.0849. The Morgan fingerprint density at radius 2 is 2.08 bits per heavy atom. The molecule has 1 fully saturated rings. The van der Waals surface area contributed by atoms with Crippen LogP contribution in [0, 0.1) is 19.7 Å². The summed E-state index contributed by atoms with van der Waals surface area (Å²) in [5.41, 5.74) is 2.21. The summed E-state index contributed by atoms with van der Waals surface area (Å²) in [5.74, 6) is 0.247. The summed E-state index contributed by atoms with van der Waals surface area (Å²) in [6.07, 6.45) is 2.28. The average molecular weight is 330 g/mol. The summed E-state index contributed by atoms with van der Waals surface area (Å²) in [7, 11) is 2.12. The summed E-state index contributed by atoms with van der Waals surface area (Å²) < 4.78 is 13.5. The summed E-state index contributed by atoms with van der Waals surface area (Å²) >= 11 is 0. The third kappa shape index (κ3) is 3.33. The van der Waals surface area contributed by atoms with E-state index in [0.29, 0.717) is 17.3 Å². The van der Waals surface area contributed by atoms with Crippen LogP contribution < -0.4 is 5.32 Å². The lowest BCUT2D eigenvalue weighted by molar-refractivity contribution is 0.260. The van der Waals surface area contributed by atoms with Gasteiger partial charge < -0.3 is 15.3 Å². The molecule has 1 saturated heterocycles. The van der Waals surface area contributed by atoms with Gasteiger partial charge in [0, 0.05) is 23.7 Å². The summed E-state index contributed by atoms with van der Waals surface area (Å²) in [5, 5.41) is 22.1. The number of rotatable bonds is 3. The van der Waals surface area contributed by atoms with Crippen molar-refractivity contribution in [3.8, 4) is 17.0 Å². The number of aromatic nitrogens is 2. The molecule has 1 aromatic heterocycles. The zero-order valence-corrected chi connectivity index (χ0v) is 14.3. The fraction of sp³-hybridized carbons (Fsp3) is 0.444. The fourth-order valence-corrected chi connectivity index (χ4v) is 3.12. The molecule has 3 rings (SSSR count). The van der Waals surface area contributed by atoms with E-state index >= 15 is 0 Å². The highest BCUT2D eigenvalue weighted by Gasteiger charge is 2.19. The van der Waals surface area contributed by atoms with E-state index in [4.69, 9.17) is 0 Å². The van der Waals surface area contributed by atoms with Gasteiger partial charge in [-0.2, -0.15) is 0 Å².